The van der Waals surface area contributed by atoms with E-state index in [0.717, 1.165) is 9.50 Å². The lowest BCUT2D eigenvalue weighted by atomic mass is 9.98. The van der Waals surface area contributed by atoms with E-state index in [1.165, 1.54) is 24.8 Å². The van der Waals surface area contributed by atoms with Crippen LogP contribution in [0.4, 0.5) is 0 Å². The summed E-state index contributed by atoms with van der Waals surface area (Å²) < 4.78 is 3.64. The van der Waals surface area contributed by atoms with Crippen LogP contribution in [0, 0.1) is 3.57 Å². The molecule has 1 N–H and O–H groups in total. The predicted molar refractivity (Wildman–Crippen MR) is 105 cm³/mol. The Morgan fingerprint density at radius 3 is 2.81 bits per heavy atom. The Morgan fingerprint density at radius 2 is 2.05 bits per heavy atom. The molecule has 2 aromatic carbocycles. The molecule has 1 nitrogen and oxygen atoms in total. The van der Waals surface area contributed by atoms with Gasteiger partial charge in [-0.25, -0.2) is 0 Å². The van der Waals surface area contributed by atoms with Gasteiger partial charge < -0.3 is 5.32 Å². The normalized spacial score (nSPS) is 12.8. The molecule has 21 heavy (non-hydrogen) atoms. The molecule has 0 saturated heterocycles. The van der Waals surface area contributed by atoms with Crippen LogP contribution in [0.1, 0.15) is 17.2 Å². The van der Waals surface area contributed by atoms with Gasteiger partial charge in [-0.2, -0.15) is 0 Å². The quantitative estimate of drug-likeness (QED) is 0.428. The molecule has 0 bridgehead atoms. The topological polar surface area (TPSA) is 12.0 Å². The van der Waals surface area contributed by atoms with Gasteiger partial charge >= 0.3 is 0 Å². The Kier molecular flexibility index (Phi) is 4.90. The van der Waals surface area contributed by atoms with Crippen molar-refractivity contribution in [1.82, 2.24) is 5.32 Å². The molecule has 0 saturated carbocycles. The number of hydrogen-bond donors (Lipinski definition) is 1. The zero-order valence-electron chi connectivity index (χ0n) is 11.2. The van der Waals surface area contributed by atoms with Crippen LogP contribution in [0.2, 0.25) is 5.02 Å². The third-order valence-electron chi connectivity index (χ3n) is 3.45. The maximum atomic E-state index is 6.19. The summed E-state index contributed by atoms with van der Waals surface area (Å²) in [6.07, 6.45) is 0. The minimum Gasteiger partial charge on any atom is -0.309 e. The monoisotopic (exact) mass is 491 g/mol. The van der Waals surface area contributed by atoms with E-state index in [1.54, 1.807) is 11.3 Å². The second-order valence-electron chi connectivity index (χ2n) is 4.70. The first-order valence-electron chi connectivity index (χ1n) is 6.39. The molecule has 0 radical (unpaired) electrons. The lowest BCUT2D eigenvalue weighted by Crippen LogP contribution is -2.18. The van der Waals surface area contributed by atoms with Crippen molar-refractivity contribution in [2.24, 2.45) is 0 Å². The average Bonchev–Trinajstić information content (AvgIpc) is 2.89. The lowest BCUT2D eigenvalue weighted by Gasteiger charge is -2.18. The number of benzene rings is 2. The van der Waals surface area contributed by atoms with Crippen LogP contribution in [0.5, 0.6) is 0 Å². The summed E-state index contributed by atoms with van der Waals surface area (Å²) in [5.74, 6) is 0. The van der Waals surface area contributed by atoms with Gasteiger partial charge in [-0.15, -0.1) is 11.3 Å². The van der Waals surface area contributed by atoms with Gasteiger partial charge in [0.2, 0.25) is 0 Å². The molecule has 0 amide bonds. The molecule has 108 valence electrons. The Hall–Kier alpha value is -0.140. The van der Waals surface area contributed by atoms with Crippen LogP contribution in [0.3, 0.4) is 0 Å². The Balaban J connectivity index is 2.19. The molecule has 3 rings (SSSR count). The van der Waals surface area contributed by atoms with E-state index >= 15 is 0 Å². The third kappa shape index (κ3) is 3.01. The number of fused-ring (bicyclic) bond motifs is 1. The van der Waals surface area contributed by atoms with Gasteiger partial charge in [-0.3, -0.25) is 0 Å². The minimum absolute atomic E-state index is 0.138. The van der Waals surface area contributed by atoms with E-state index in [0.29, 0.717) is 0 Å². The van der Waals surface area contributed by atoms with Gasteiger partial charge in [0.05, 0.1) is 6.04 Å². The smallest absolute Gasteiger partial charge is 0.0599 e. The highest BCUT2D eigenvalue weighted by Crippen LogP contribution is 2.38. The van der Waals surface area contributed by atoms with Crippen molar-refractivity contribution in [1.29, 1.82) is 0 Å². The molecule has 0 aliphatic rings. The highest BCUT2D eigenvalue weighted by atomic mass is 127. The largest absolute Gasteiger partial charge is 0.309 e. The summed E-state index contributed by atoms with van der Waals surface area (Å²) in [6.45, 7) is 0. The van der Waals surface area contributed by atoms with Crippen molar-refractivity contribution in [2.75, 3.05) is 7.05 Å². The van der Waals surface area contributed by atoms with Crippen LogP contribution in [-0.4, -0.2) is 7.05 Å². The van der Waals surface area contributed by atoms with E-state index < -0.39 is 0 Å². The SMILES string of the molecule is CNC(c1cc(Cl)ccc1I)c1csc2c(Br)cccc12. The summed E-state index contributed by atoms with van der Waals surface area (Å²) in [4.78, 5) is 0. The Labute approximate surface area is 155 Å². The van der Waals surface area contributed by atoms with Crippen molar-refractivity contribution in [3.63, 3.8) is 0 Å². The third-order valence-corrected chi connectivity index (χ3v) is 6.64. The molecule has 5 heteroatoms. The maximum Gasteiger partial charge on any atom is 0.0599 e. The second kappa shape index (κ2) is 6.54. The number of thiophene rings is 1. The van der Waals surface area contributed by atoms with E-state index in [4.69, 9.17) is 11.6 Å². The fourth-order valence-electron chi connectivity index (χ4n) is 2.48. The van der Waals surface area contributed by atoms with Gasteiger partial charge in [-0.1, -0.05) is 23.7 Å². The average molecular weight is 493 g/mol. The molecular formula is C16H12BrClINS. The molecule has 1 unspecified atom stereocenters. The highest BCUT2D eigenvalue weighted by Gasteiger charge is 2.19. The summed E-state index contributed by atoms with van der Waals surface area (Å²) in [5.41, 5.74) is 2.50. The summed E-state index contributed by atoms with van der Waals surface area (Å²) >= 11 is 14.0. The first-order valence-corrected chi connectivity index (χ1v) is 9.52. The van der Waals surface area contributed by atoms with Crippen molar-refractivity contribution in [2.45, 2.75) is 6.04 Å². The van der Waals surface area contributed by atoms with Crippen molar-refractivity contribution < 1.29 is 0 Å². The van der Waals surface area contributed by atoms with Crippen LogP contribution in [-0.2, 0) is 0 Å². The second-order valence-corrected chi connectivity index (χ2v) is 8.03. The van der Waals surface area contributed by atoms with Crippen LogP contribution < -0.4 is 5.32 Å². The van der Waals surface area contributed by atoms with Crippen LogP contribution >= 0.6 is 61.5 Å². The lowest BCUT2D eigenvalue weighted by molar-refractivity contribution is 0.695. The maximum absolute atomic E-state index is 6.19. The zero-order chi connectivity index (χ0) is 15.0. The van der Waals surface area contributed by atoms with Gasteiger partial charge in [0.15, 0.2) is 0 Å². The molecule has 1 atom stereocenters. The summed E-state index contributed by atoms with van der Waals surface area (Å²) in [5, 5.41) is 7.71. The van der Waals surface area contributed by atoms with Crippen LogP contribution in [0.25, 0.3) is 10.1 Å². The zero-order valence-corrected chi connectivity index (χ0v) is 16.5. The van der Waals surface area contributed by atoms with E-state index in [-0.39, 0.29) is 6.04 Å². The van der Waals surface area contributed by atoms with Gasteiger partial charge in [0.25, 0.3) is 0 Å². The first-order chi connectivity index (χ1) is 10.1. The molecule has 1 aromatic heterocycles. The molecular weight excluding hydrogens is 481 g/mol. The fraction of sp³-hybridized carbons (Fsp3) is 0.125. The molecule has 3 aromatic rings. The first kappa shape index (κ1) is 15.7. The number of hydrogen-bond acceptors (Lipinski definition) is 2. The standard InChI is InChI=1S/C16H12BrClINS/c1-20-15(11-7-9(18)5-6-14(11)19)12-8-21-16-10(12)3-2-4-13(16)17/h2-8,15,20H,1H3. The van der Waals surface area contributed by atoms with E-state index in [9.17, 15) is 0 Å². The Morgan fingerprint density at radius 1 is 1.24 bits per heavy atom. The Bertz CT molecular complexity index is 802. The molecule has 0 aliphatic heterocycles. The minimum atomic E-state index is 0.138. The van der Waals surface area contributed by atoms with Crippen molar-refractivity contribution in [3.8, 4) is 0 Å². The molecule has 0 fully saturated rings. The van der Waals surface area contributed by atoms with Gasteiger partial charge in [0.1, 0.15) is 0 Å². The number of rotatable bonds is 3. The van der Waals surface area contributed by atoms with Gasteiger partial charge in [0, 0.05) is 17.8 Å². The highest BCUT2D eigenvalue weighted by molar-refractivity contribution is 14.1. The molecule has 0 aliphatic carbocycles. The summed E-state index contributed by atoms with van der Waals surface area (Å²) in [6, 6.07) is 12.5. The fourth-order valence-corrected chi connectivity index (χ4v) is 4.96. The van der Waals surface area contributed by atoms with Crippen molar-refractivity contribution in [3.05, 3.63) is 66.0 Å². The predicted octanol–water partition coefficient (Wildman–Crippen LogP) is 6.23. The number of halogens is 3. The van der Waals surface area contributed by atoms with Crippen molar-refractivity contribution >= 4 is 71.5 Å². The van der Waals surface area contributed by atoms with Gasteiger partial charge in [-0.05, 0) is 91.7 Å². The van der Waals surface area contributed by atoms with Crippen LogP contribution in [0.15, 0.2) is 46.3 Å². The molecule has 1 heterocycles. The van der Waals surface area contributed by atoms with E-state index in [2.05, 4.69) is 73.5 Å². The molecule has 0 spiro atoms. The summed E-state index contributed by atoms with van der Waals surface area (Å²) in [7, 11) is 1.99. The van der Waals surface area contributed by atoms with E-state index in [1.807, 2.05) is 19.2 Å². The number of nitrogens with one attached hydrogen (secondary N) is 1.